The molecule has 2 rings (SSSR count). The van der Waals surface area contributed by atoms with Gasteiger partial charge in [-0.3, -0.25) is 9.48 Å². The zero-order valence-electron chi connectivity index (χ0n) is 11.4. The summed E-state index contributed by atoms with van der Waals surface area (Å²) in [6.07, 6.45) is 6.51. The van der Waals surface area contributed by atoms with Crippen molar-refractivity contribution in [1.29, 1.82) is 0 Å². The van der Waals surface area contributed by atoms with Gasteiger partial charge in [-0.1, -0.05) is 0 Å². The van der Waals surface area contributed by atoms with Crippen molar-refractivity contribution in [1.82, 2.24) is 15.2 Å². The summed E-state index contributed by atoms with van der Waals surface area (Å²) in [7, 11) is 0. The van der Waals surface area contributed by atoms with Crippen molar-refractivity contribution >= 4 is 18.2 Å². The zero-order valence-corrected chi connectivity index (χ0v) is 11.4. The number of nitrogens with one attached hydrogen (secondary N) is 1. The smallest absolute Gasteiger partial charge is 0.261 e. The number of nitrogens with zero attached hydrogens (tertiary/aromatic N) is 3. The van der Waals surface area contributed by atoms with Crippen molar-refractivity contribution < 1.29 is 9.21 Å². The normalized spacial score (nSPS) is 11.5. The van der Waals surface area contributed by atoms with Crippen LogP contribution in [0.3, 0.4) is 0 Å². The topological polar surface area (TPSA) is 72.4 Å². The number of amides is 1. The molecule has 1 N–H and O–H groups in total. The van der Waals surface area contributed by atoms with Crippen molar-refractivity contribution in [3.63, 3.8) is 0 Å². The molecule has 6 heteroatoms. The maximum Gasteiger partial charge on any atom is 0.261 e. The lowest BCUT2D eigenvalue weighted by Crippen LogP contribution is -2.24. The van der Waals surface area contributed by atoms with Crippen molar-refractivity contribution in [2.45, 2.75) is 20.4 Å². The number of hydrogen-bond acceptors (Lipinski definition) is 4. The molecule has 0 unspecified atom stereocenters. The summed E-state index contributed by atoms with van der Waals surface area (Å²) >= 11 is 0. The van der Waals surface area contributed by atoms with Gasteiger partial charge in [0.25, 0.3) is 5.91 Å². The fraction of sp³-hybridized carbons (Fsp3) is 0.214. The van der Waals surface area contributed by atoms with E-state index < -0.39 is 0 Å². The second-order valence-electron chi connectivity index (χ2n) is 4.27. The molecule has 20 heavy (non-hydrogen) atoms. The van der Waals surface area contributed by atoms with Gasteiger partial charge in [0.05, 0.1) is 12.0 Å². The monoisotopic (exact) mass is 272 g/mol. The molecule has 0 atom stereocenters. The molecule has 0 bridgehead atoms. The molecule has 0 aliphatic carbocycles. The minimum atomic E-state index is -0.223. The molecular formula is C14H16N4O2. The van der Waals surface area contributed by atoms with Gasteiger partial charge in [0, 0.05) is 11.9 Å². The van der Waals surface area contributed by atoms with Crippen LogP contribution in [0, 0.1) is 13.8 Å². The molecule has 6 nitrogen and oxygen atoms in total. The van der Waals surface area contributed by atoms with Crippen LogP contribution in [-0.2, 0) is 11.3 Å². The van der Waals surface area contributed by atoms with Gasteiger partial charge in [-0.05, 0) is 44.2 Å². The highest BCUT2D eigenvalue weighted by atomic mass is 16.3. The molecule has 0 aromatic carbocycles. The molecule has 2 heterocycles. The van der Waals surface area contributed by atoms with Gasteiger partial charge in [-0.15, -0.1) is 0 Å². The first kappa shape index (κ1) is 13.8. The maximum absolute atomic E-state index is 11.6. The van der Waals surface area contributed by atoms with Crippen LogP contribution in [0.25, 0.3) is 6.08 Å². The Balaban J connectivity index is 1.79. The Morgan fingerprint density at radius 3 is 3.05 bits per heavy atom. The minimum Gasteiger partial charge on any atom is -0.465 e. The van der Waals surface area contributed by atoms with E-state index in [1.807, 2.05) is 26.0 Å². The number of hydrogen-bond donors (Lipinski definition) is 1. The Kier molecular flexibility index (Phi) is 4.49. The highest BCUT2D eigenvalue weighted by molar-refractivity contribution is 5.80. The van der Waals surface area contributed by atoms with Gasteiger partial charge in [-0.25, -0.2) is 5.43 Å². The number of carbonyl (C=O) groups is 1. The SMILES string of the molecule is Cc1cc(C)n(CC(=O)NN=CC=Cc2ccco2)n1. The lowest BCUT2D eigenvalue weighted by Gasteiger charge is -2.02. The van der Waals surface area contributed by atoms with Gasteiger partial charge >= 0.3 is 0 Å². The summed E-state index contributed by atoms with van der Waals surface area (Å²) in [6.45, 7) is 3.94. The van der Waals surface area contributed by atoms with E-state index in [9.17, 15) is 4.79 Å². The van der Waals surface area contributed by atoms with E-state index >= 15 is 0 Å². The number of rotatable bonds is 5. The average Bonchev–Trinajstić information content (AvgIpc) is 3.00. The van der Waals surface area contributed by atoms with Crippen molar-refractivity contribution in [2.75, 3.05) is 0 Å². The quantitative estimate of drug-likeness (QED) is 0.667. The predicted molar refractivity (Wildman–Crippen MR) is 76.1 cm³/mol. The highest BCUT2D eigenvalue weighted by Crippen LogP contribution is 2.01. The van der Waals surface area contributed by atoms with Crippen LogP contribution in [0.2, 0.25) is 0 Å². The van der Waals surface area contributed by atoms with E-state index in [2.05, 4.69) is 15.6 Å². The van der Waals surface area contributed by atoms with Gasteiger partial charge in [0.2, 0.25) is 0 Å². The Morgan fingerprint density at radius 1 is 1.55 bits per heavy atom. The third-order valence-corrected chi connectivity index (χ3v) is 2.55. The summed E-state index contributed by atoms with van der Waals surface area (Å²) in [5.74, 6) is 0.504. The summed E-state index contributed by atoms with van der Waals surface area (Å²) in [6, 6.07) is 5.54. The van der Waals surface area contributed by atoms with Gasteiger partial charge < -0.3 is 4.42 Å². The molecule has 2 aromatic rings. The van der Waals surface area contributed by atoms with Crippen molar-refractivity contribution in [3.8, 4) is 0 Å². The number of carbonyl (C=O) groups excluding carboxylic acids is 1. The molecule has 0 fully saturated rings. The molecule has 0 aliphatic rings. The summed E-state index contributed by atoms with van der Waals surface area (Å²) in [5, 5.41) is 8.02. The van der Waals surface area contributed by atoms with Gasteiger partial charge in [-0.2, -0.15) is 10.2 Å². The standard InChI is InChI=1S/C14H16N4O2/c1-11-9-12(2)18(17-11)10-14(19)16-15-7-3-5-13-6-4-8-20-13/h3-9H,10H2,1-2H3,(H,16,19). The third-order valence-electron chi connectivity index (χ3n) is 2.55. The molecule has 104 valence electrons. The van der Waals surface area contributed by atoms with E-state index in [-0.39, 0.29) is 12.5 Å². The molecular weight excluding hydrogens is 256 g/mol. The summed E-state index contributed by atoms with van der Waals surface area (Å²) < 4.78 is 6.75. The van der Waals surface area contributed by atoms with Crippen LogP contribution in [0.5, 0.6) is 0 Å². The number of aryl methyl sites for hydroxylation is 2. The van der Waals surface area contributed by atoms with E-state index in [0.717, 1.165) is 17.1 Å². The number of aromatic nitrogens is 2. The van der Waals surface area contributed by atoms with E-state index in [1.165, 1.54) is 6.21 Å². The molecule has 0 radical (unpaired) electrons. The fourth-order valence-electron chi connectivity index (χ4n) is 1.68. The molecule has 2 aromatic heterocycles. The first-order chi connectivity index (χ1) is 9.65. The summed E-state index contributed by atoms with van der Waals surface area (Å²) in [4.78, 5) is 11.6. The largest absolute Gasteiger partial charge is 0.465 e. The zero-order chi connectivity index (χ0) is 14.4. The van der Waals surface area contributed by atoms with Crippen LogP contribution in [-0.4, -0.2) is 21.9 Å². The van der Waals surface area contributed by atoms with Crippen LogP contribution in [0.1, 0.15) is 17.1 Å². The molecule has 0 aliphatic heterocycles. The lowest BCUT2D eigenvalue weighted by atomic mass is 10.4. The van der Waals surface area contributed by atoms with E-state index in [4.69, 9.17) is 4.42 Å². The van der Waals surface area contributed by atoms with Gasteiger partial charge in [0.1, 0.15) is 12.3 Å². The van der Waals surface area contributed by atoms with Crippen LogP contribution < -0.4 is 5.43 Å². The number of allylic oxidation sites excluding steroid dienone is 1. The van der Waals surface area contributed by atoms with Crippen molar-refractivity contribution in [2.24, 2.45) is 5.10 Å². The van der Waals surface area contributed by atoms with Crippen LogP contribution in [0.15, 0.2) is 40.1 Å². The molecule has 1 amide bonds. The molecule has 0 saturated heterocycles. The average molecular weight is 272 g/mol. The number of hydrazone groups is 1. The van der Waals surface area contributed by atoms with Crippen LogP contribution in [0.4, 0.5) is 0 Å². The second kappa shape index (κ2) is 6.51. The Labute approximate surface area is 116 Å². The summed E-state index contributed by atoms with van der Waals surface area (Å²) in [5.41, 5.74) is 4.27. The Bertz CT molecular complexity index is 624. The molecule has 0 spiro atoms. The first-order valence-electron chi connectivity index (χ1n) is 6.18. The lowest BCUT2D eigenvalue weighted by molar-refractivity contribution is -0.121. The van der Waals surface area contributed by atoms with E-state index in [1.54, 1.807) is 29.2 Å². The molecule has 0 saturated carbocycles. The number of furan rings is 1. The van der Waals surface area contributed by atoms with Gasteiger partial charge in [0.15, 0.2) is 0 Å². The minimum absolute atomic E-state index is 0.152. The fourth-order valence-corrected chi connectivity index (χ4v) is 1.68. The van der Waals surface area contributed by atoms with E-state index in [0.29, 0.717) is 0 Å². The Morgan fingerprint density at radius 2 is 2.40 bits per heavy atom. The van der Waals surface area contributed by atoms with Crippen LogP contribution >= 0.6 is 0 Å². The third kappa shape index (κ3) is 3.94. The predicted octanol–water partition coefficient (Wildman–Crippen LogP) is 1.91. The van der Waals surface area contributed by atoms with Crippen molar-refractivity contribution in [3.05, 3.63) is 47.7 Å². The first-order valence-corrected chi connectivity index (χ1v) is 6.18. The Hall–Kier alpha value is -2.63. The highest BCUT2D eigenvalue weighted by Gasteiger charge is 2.05. The second-order valence-corrected chi connectivity index (χ2v) is 4.27. The maximum atomic E-state index is 11.6.